The fourth-order valence-electron chi connectivity index (χ4n) is 6.26. The van der Waals surface area contributed by atoms with Crippen LogP contribution >= 0.6 is 23.2 Å². The van der Waals surface area contributed by atoms with Crippen LogP contribution in [0.5, 0.6) is 5.75 Å². The van der Waals surface area contributed by atoms with Crippen LogP contribution in [-0.2, 0) is 10.3 Å². The first-order valence-electron chi connectivity index (χ1n) is 13.9. The lowest BCUT2D eigenvalue weighted by atomic mass is 9.69. The molecule has 0 aliphatic carbocycles. The Morgan fingerprint density at radius 2 is 1.57 bits per heavy atom. The maximum absolute atomic E-state index is 14.8. The number of anilines is 1. The predicted molar refractivity (Wildman–Crippen MR) is 167 cm³/mol. The number of ether oxygens (including phenoxy) is 1. The van der Waals surface area contributed by atoms with Crippen molar-refractivity contribution in [3.63, 3.8) is 0 Å². The van der Waals surface area contributed by atoms with Crippen molar-refractivity contribution in [2.24, 2.45) is 5.92 Å². The Morgan fingerprint density at radius 3 is 2.26 bits per heavy atom. The summed E-state index contributed by atoms with van der Waals surface area (Å²) < 4.78 is 5.87. The minimum Gasteiger partial charge on any atom is -0.492 e. The molecule has 2 aliphatic rings. The number of benzene rings is 4. The third kappa shape index (κ3) is 5.09. The average molecular weight is 601 g/mol. The van der Waals surface area contributed by atoms with Crippen molar-refractivity contribution in [2.45, 2.75) is 17.5 Å². The topological polar surface area (TPSA) is 70.7 Å². The lowest BCUT2D eigenvalue weighted by Gasteiger charge is -2.31. The van der Waals surface area contributed by atoms with E-state index < -0.39 is 17.4 Å². The standard InChI is InChI=1S/C34H31Cl2N3O3/c1-39(2)18-19-42-26-15-10-23(11-16-26)32(40)30-29(21-8-12-24(35)13-9-21)31(22-6-4-3-5-7-22)38-34(30)27-20-25(36)14-17-28(27)37-33(34)41/h3-17,20,29-31,38H,18-19H2,1-2H3,(H,37,41)/t29-,30?,31+,34?/m0/s1. The molecule has 6 nitrogen and oxygen atoms in total. The summed E-state index contributed by atoms with van der Waals surface area (Å²) in [5.74, 6) is -0.948. The molecule has 1 fully saturated rings. The van der Waals surface area contributed by atoms with Crippen molar-refractivity contribution in [3.05, 3.63) is 129 Å². The monoisotopic (exact) mass is 599 g/mol. The first-order valence-corrected chi connectivity index (χ1v) is 14.6. The Labute approximate surface area is 255 Å². The molecular weight excluding hydrogens is 569 g/mol. The van der Waals surface area contributed by atoms with Gasteiger partial charge in [-0.15, -0.1) is 0 Å². The van der Waals surface area contributed by atoms with E-state index in [1.165, 1.54) is 0 Å². The first kappa shape index (κ1) is 28.4. The summed E-state index contributed by atoms with van der Waals surface area (Å²) >= 11 is 12.8. The van der Waals surface area contributed by atoms with Gasteiger partial charge in [-0.1, -0.05) is 65.7 Å². The molecule has 42 heavy (non-hydrogen) atoms. The van der Waals surface area contributed by atoms with Gasteiger partial charge >= 0.3 is 0 Å². The van der Waals surface area contributed by atoms with Crippen LogP contribution in [-0.4, -0.2) is 43.8 Å². The molecule has 8 heteroatoms. The Balaban J connectivity index is 1.50. The third-order valence-corrected chi connectivity index (χ3v) is 8.71. The highest BCUT2D eigenvalue weighted by molar-refractivity contribution is 6.31. The molecule has 2 aliphatic heterocycles. The van der Waals surface area contributed by atoms with E-state index in [-0.39, 0.29) is 17.7 Å². The Hall–Kier alpha value is -3.68. The van der Waals surface area contributed by atoms with Crippen LogP contribution in [0.4, 0.5) is 5.69 Å². The second kappa shape index (κ2) is 11.5. The van der Waals surface area contributed by atoms with E-state index in [9.17, 15) is 9.59 Å². The van der Waals surface area contributed by atoms with Gasteiger partial charge in [-0.2, -0.15) is 0 Å². The maximum Gasteiger partial charge on any atom is 0.250 e. The molecule has 1 saturated heterocycles. The molecule has 4 aromatic carbocycles. The highest BCUT2D eigenvalue weighted by Gasteiger charge is 2.64. The number of nitrogens with zero attached hydrogens (tertiary/aromatic N) is 1. The molecule has 1 spiro atoms. The number of hydrogen-bond acceptors (Lipinski definition) is 5. The summed E-state index contributed by atoms with van der Waals surface area (Å²) in [6.45, 7) is 1.31. The van der Waals surface area contributed by atoms with Crippen LogP contribution in [0.15, 0.2) is 97.1 Å². The smallest absolute Gasteiger partial charge is 0.250 e. The number of halogens is 2. The van der Waals surface area contributed by atoms with Gasteiger partial charge in [-0.3, -0.25) is 14.9 Å². The van der Waals surface area contributed by atoms with E-state index in [1.807, 2.05) is 85.7 Å². The number of carbonyl (C=O) groups excluding carboxylic acids is 2. The van der Waals surface area contributed by atoms with Crippen LogP contribution in [0.2, 0.25) is 10.0 Å². The van der Waals surface area contributed by atoms with E-state index in [2.05, 4.69) is 10.6 Å². The second-order valence-corrected chi connectivity index (χ2v) is 12.0. The molecule has 0 saturated carbocycles. The highest BCUT2D eigenvalue weighted by atomic mass is 35.5. The van der Waals surface area contributed by atoms with Crippen LogP contribution in [0.25, 0.3) is 0 Å². The molecule has 0 bridgehead atoms. The van der Waals surface area contributed by atoms with E-state index in [4.69, 9.17) is 27.9 Å². The zero-order chi connectivity index (χ0) is 29.4. The van der Waals surface area contributed by atoms with Crippen LogP contribution in [0.1, 0.15) is 39.0 Å². The summed E-state index contributed by atoms with van der Waals surface area (Å²) in [5.41, 5.74) is 2.32. The van der Waals surface area contributed by atoms with Gasteiger partial charge in [0.15, 0.2) is 5.78 Å². The molecule has 6 rings (SSSR count). The van der Waals surface area contributed by atoms with Gasteiger partial charge in [0.05, 0.1) is 5.92 Å². The normalized spacial score (nSPS) is 22.8. The number of Topliss-reactive ketones (excluding diaryl/α,β-unsaturated/α-hetero) is 1. The molecule has 1 amide bonds. The highest BCUT2D eigenvalue weighted by Crippen LogP contribution is 2.57. The number of hydrogen-bond donors (Lipinski definition) is 2. The van der Waals surface area contributed by atoms with Gasteiger partial charge in [-0.05, 0) is 79.8 Å². The molecule has 0 radical (unpaired) electrons. The minimum absolute atomic E-state index is 0.149. The number of rotatable bonds is 8. The molecule has 4 aromatic rings. The lowest BCUT2D eigenvalue weighted by Crippen LogP contribution is -2.50. The molecule has 2 heterocycles. The van der Waals surface area contributed by atoms with Crippen LogP contribution in [0, 0.1) is 5.92 Å². The summed E-state index contributed by atoms with van der Waals surface area (Å²) in [7, 11) is 3.97. The van der Waals surface area contributed by atoms with Crippen molar-refractivity contribution >= 4 is 40.6 Å². The molecular formula is C34H31Cl2N3O3. The zero-order valence-corrected chi connectivity index (χ0v) is 24.8. The van der Waals surface area contributed by atoms with Gasteiger partial charge < -0.3 is 15.0 Å². The van der Waals surface area contributed by atoms with Crippen molar-refractivity contribution in [2.75, 3.05) is 32.6 Å². The van der Waals surface area contributed by atoms with E-state index in [0.29, 0.717) is 39.2 Å². The number of fused-ring (bicyclic) bond motifs is 2. The van der Waals surface area contributed by atoms with Gasteiger partial charge in [0.25, 0.3) is 0 Å². The predicted octanol–water partition coefficient (Wildman–Crippen LogP) is 6.71. The van der Waals surface area contributed by atoms with Crippen molar-refractivity contribution < 1.29 is 14.3 Å². The third-order valence-electron chi connectivity index (χ3n) is 8.22. The molecule has 214 valence electrons. The van der Waals surface area contributed by atoms with E-state index >= 15 is 0 Å². The number of carbonyl (C=O) groups is 2. The average Bonchev–Trinajstić information content (AvgIpc) is 3.49. The molecule has 2 N–H and O–H groups in total. The first-order chi connectivity index (χ1) is 20.3. The van der Waals surface area contributed by atoms with Crippen LogP contribution < -0.4 is 15.4 Å². The minimum atomic E-state index is -1.36. The van der Waals surface area contributed by atoms with Gasteiger partial charge in [0.2, 0.25) is 5.91 Å². The molecule has 4 atom stereocenters. The Bertz CT molecular complexity index is 1610. The Morgan fingerprint density at radius 1 is 0.881 bits per heavy atom. The summed E-state index contributed by atoms with van der Waals surface area (Å²) in [6, 6.07) is 29.6. The van der Waals surface area contributed by atoms with Crippen molar-refractivity contribution in [1.29, 1.82) is 0 Å². The summed E-state index contributed by atoms with van der Waals surface area (Å²) in [4.78, 5) is 30.9. The maximum atomic E-state index is 14.8. The van der Waals surface area contributed by atoms with E-state index in [1.54, 1.807) is 30.3 Å². The number of likely N-dealkylation sites (N-methyl/N-ethyl adjacent to an activating group) is 1. The summed E-state index contributed by atoms with van der Waals surface area (Å²) in [6.07, 6.45) is 0. The Kier molecular flexibility index (Phi) is 7.81. The van der Waals surface area contributed by atoms with Crippen molar-refractivity contribution in [3.8, 4) is 5.75 Å². The largest absolute Gasteiger partial charge is 0.492 e. The number of nitrogens with one attached hydrogen (secondary N) is 2. The van der Waals surface area contributed by atoms with Crippen LogP contribution in [0.3, 0.4) is 0 Å². The zero-order valence-electron chi connectivity index (χ0n) is 23.3. The van der Waals surface area contributed by atoms with Gasteiger partial charge in [-0.25, -0.2) is 0 Å². The number of ketones is 1. The fraction of sp³-hybridized carbons (Fsp3) is 0.235. The summed E-state index contributed by atoms with van der Waals surface area (Å²) in [5, 5.41) is 7.79. The van der Waals surface area contributed by atoms with Crippen molar-refractivity contribution in [1.82, 2.24) is 10.2 Å². The van der Waals surface area contributed by atoms with Gasteiger partial charge in [0.1, 0.15) is 17.9 Å². The molecule has 0 aromatic heterocycles. The number of amides is 1. The molecule has 2 unspecified atom stereocenters. The van der Waals surface area contributed by atoms with E-state index in [0.717, 1.165) is 17.7 Å². The van der Waals surface area contributed by atoms with Gasteiger partial charge in [0, 0.05) is 45.4 Å². The second-order valence-electron chi connectivity index (χ2n) is 11.1. The quantitative estimate of drug-likeness (QED) is 0.220. The SMILES string of the molecule is CN(C)CCOc1ccc(C(=O)C2[C@H](c3ccc(Cl)cc3)[C@@H](c3ccccc3)NC23C(=O)Nc2ccc(Cl)cc23)cc1. The fourth-order valence-corrected chi connectivity index (χ4v) is 6.55. The lowest BCUT2D eigenvalue weighted by molar-refractivity contribution is -0.122.